The first-order valence-corrected chi connectivity index (χ1v) is 8.37. The second-order valence-corrected chi connectivity index (χ2v) is 6.38. The summed E-state index contributed by atoms with van der Waals surface area (Å²) in [6.07, 6.45) is 1.87. The first-order chi connectivity index (χ1) is 10.7. The molecule has 3 rings (SSSR count). The Bertz CT molecular complexity index is 837. The van der Waals surface area contributed by atoms with Gasteiger partial charge >= 0.3 is 0 Å². The zero-order chi connectivity index (χ0) is 15.4. The Balaban J connectivity index is 1.71. The lowest BCUT2D eigenvalue weighted by atomic mass is 10.1. The monoisotopic (exact) mass is 310 g/mol. The van der Waals surface area contributed by atoms with Crippen molar-refractivity contribution >= 4 is 27.6 Å². The highest BCUT2D eigenvalue weighted by atomic mass is 32.2. The van der Waals surface area contributed by atoms with E-state index in [9.17, 15) is 8.60 Å². The minimum atomic E-state index is -1.11. The summed E-state index contributed by atoms with van der Waals surface area (Å²) in [5, 5.41) is 4.04. The zero-order valence-electron chi connectivity index (χ0n) is 11.9. The molecule has 0 aliphatic rings. The van der Waals surface area contributed by atoms with E-state index in [0.717, 1.165) is 16.5 Å². The Morgan fingerprint density at radius 3 is 2.41 bits per heavy atom. The molecule has 0 aliphatic carbocycles. The van der Waals surface area contributed by atoms with Gasteiger partial charge in [-0.25, -0.2) is 4.39 Å². The summed E-state index contributed by atoms with van der Waals surface area (Å²) in [6.45, 7) is 0. The molecule has 0 amide bonds. The quantitative estimate of drug-likeness (QED) is 0.670. The van der Waals surface area contributed by atoms with Gasteiger partial charge in [-0.15, -0.1) is 0 Å². The maximum absolute atomic E-state index is 12.8. The van der Waals surface area contributed by atoms with Crippen molar-refractivity contribution in [2.45, 2.75) is 5.75 Å². The molecular formula is C19H15FOS. The van der Waals surface area contributed by atoms with Crippen LogP contribution in [0.25, 0.3) is 16.8 Å². The summed E-state index contributed by atoms with van der Waals surface area (Å²) in [5.41, 5.74) is 1.88. The van der Waals surface area contributed by atoms with Gasteiger partial charge in [-0.05, 0) is 46.2 Å². The lowest BCUT2D eigenvalue weighted by molar-refractivity contribution is 0.627. The predicted octanol–water partition coefficient (Wildman–Crippen LogP) is 4.90. The summed E-state index contributed by atoms with van der Waals surface area (Å²) in [6, 6.07) is 20.4. The fourth-order valence-corrected chi connectivity index (χ4v) is 3.19. The Morgan fingerprint density at radius 1 is 0.909 bits per heavy atom. The maximum atomic E-state index is 12.8. The van der Waals surface area contributed by atoms with Crippen molar-refractivity contribution in [3.63, 3.8) is 0 Å². The number of rotatable bonds is 4. The highest BCUT2D eigenvalue weighted by Crippen LogP contribution is 2.17. The molecular weight excluding hydrogens is 295 g/mol. The lowest BCUT2D eigenvalue weighted by Crippen LogP contribution is -1.91. The summed E-state index contributed by atoms with van der Waals surface area (Å²) >= 11 is 0. The first-order valence-electron chi connectivity index (χ1n) is 6.99. The second-order valence-electron chi connectivity index (χ2n) is 5.06. The van der Waals surface area contributed by atoms with E-state index in [1.54, 1.807) is 17.5 Å². The first kappa shape index (κ1) is 14.7. The highest BCUT2D eigenvalue weighted by Gasteiger charge is 1.99. The number of hydrogen-bond acceptors (Lipinski definition) is 1. The average Bonchev–Trinajstić information content (AvgIpc) is 2.55. The number of halogens is 1. The average molecular weight is 310 g/mol. The van der Waals surface area contributed by atoms with Crippen LogP contribution < -0.4 is 0 Å². The predicted molar refractivity (Wildman–Crippen MR) is 91.2 cm³/mol. The van der Waals surface area contributed by atoms with Crippen LogP contribution in [0.15, 0.2) is 72.1 Å². The molecule has 3 aromatic rings. The van der Waals surface area contributed by atoms with Gasteiger partial charge in [0.15, 0.2) is 0 Å². The largest absolute Gasteiger partial charge is 0.255 e. The van der Waals surface area contributed by atoms with Crippen molar-refractivity contribution in [3.05, 3.63) is 89.1 Å². The van der Waals surface area contributed by atoms with Crippen LogP contribution in [0.5, 0.6) is 0 Å². The van der Waals surface area contributed by atoms with E-state index >= 15 is 0 Å². The maximum Gasteiger partial charge on any atom is 0.123 e. The Hall–Kier alpha value is -2.26. The molecule has 1 unspecified atom stereocenters. The van der Waals surface area contributed by atoms with Crippen LogP contribution in [0, 0.1) is 5.82 Å². The van der Waals surface area contributed by atoms with E-state index in [1.807, 2.05) is 24.3 Å². The molecule has 0 fully saturated rings. The summed E-state index contributed by atoms with van der Waals surface area (Å²) < 4.78 is 24.9. The fraction of sp³-hybridized carbons (Fsp3) is 0.0526. The summed E-state index contributed by atoms with van der Waals surface area (Å²) in [7, 11) is -1.11. The molecule has 0 aromatic heterocycles. The molecule has 1 nitrogen and oxygen atoms in total. The van der Waals surface area contributed by atoms with E-state index in [-0.39, 0.29) is 5.82 Å². The van der Waals surface area contributed by atoms with E-state index in [0.29, 0.717) is 5.75 Å². The van der Waals surface area contributed by atoms with Gasteiger partial charge in [0.25, 0.3) is 0 Å². The molecule has 3 aromatic carbocycles. The number of fused-ring (bicyclic) bond motifs is 1. The zero-order valence-corrected chi connectivity index (χ0v) is 12.7. The van der Waals surface area contributed by atoms with Gasteiger partial charge in [-0.2, -0.15) is 0 Å². The van der Waals surface area contributed by atoms with Crippen molar-refractivity contribution in [2.24, 2.45) is 0 Å². The molecule has 0 saturated heterocycles. The minimum Gasteiger partial charge on any atom is -0.255 e. The molecule has 0 radical (unpaired) electrons. The molecule has 0 spiro atoms. The Labute approximate surface area is 131 Å². The highest BCUT2D eigenvalue weighted by molar-refractivity contribution is 7.87. The lowest BCUT2D eigenvalue weighted by Gasteiger charge is -2.00. The van der Waals surface area contributed by atoms with Crippen LogP contribution in [0.2, 0.25) is 0 Å². The number of benzene rings is 3. The molecule has 110 valence electrons. The van der Waals surface area contributed by atoms with Gasteiger partial charge in [0.2, 0.25) is 0 Å². The summed E-state index contributed by atoms with van der Waals surface area (Å²) in [4.78, 5) is 0. The van der Waals surface area contributed by atoms with Crippen molar-refractivity contribution < 1.29 is 8.60 Å². The van der Waals surface area contributed by atoms with Gasteiger partial charge in [0, 0.05) is 5.41 Å². The summed E-state index contributed by atoms with van der Waals surface area (Å²) in [5.74, 6) is 0.117. The van der Waals surface area contributed by atoms with Crippen LogP contribution in [0.3, 0.4) is 0 Å². The Kier molecular flexibility index (Phi) is 4.45. The third kappa shape index (κ3) is 3.68. The van der Waals surface area contributed by atoms with E-state index in [4.69, 9.17) is 0 Å². The molecule has 0 N–H and O–H groups in total. The van der Waals surface area contributed by atoms with Crippen molar-refractivity contribution in [1.82, 2.24) is 0 Å². The van der Waals surface area contributed by atoms with Gasteiger partial charge in [-0.1, -0.05) is 48.5 Å². The number of hydrogen-bond donors (Lipinski definition) is 0. The molecule has 1 atom stereocenters. The molecule has 0 aliphatic heterocycles. The van der Waals surface area contributed by atoms with E-state index in [1.165, 1.54) is 17.5 Å². The van der Waals surface area contributed by atoms with Gasteiger partial charge in [-0.3, -0.25) is 4.21 Å². The Morgan fingerprint density at radius 2 is 1.64 bits per heavy atom. The topological polar surface area (TPSA) is 17.1 Å². The molecule has 0 saturated carbocycles. The third-order valence-electron chi connectivity index (χ3n) is 3.41. The third-order valence-corrected chi connectivity index (χ3v) is 4.47. The fourth-order valence-electron chi connectivity index (χ4n) is 2.26. The second kappa shape index (κ2) is 6.67. The SMILES string of the molecule is O=S(/C=C/c1ccc2ccccc2c1)Cc1ccc(F)cc1. The van der Waals surface area contributed by atoms with Gasteiger partial charge < -0.3 is 0 Å². The van der Waals surface area contributed by atoms with Crippen LogP contribution in [-0.4, -0.2) is 4.21 Å². The van der Waals surface area contributed by atoms with Crippen molar-refractivity contribution in [3.8, 4) is 0 Å². The molecule has 0 heterocycles. The van der Waals surface area contributed by atoms with Crippen LogP contribution in [0.4, 0.5) is 4.39 Å². The molecule has 3 heteroatoms. The van der Waals surface area contributed by atoms with E-state index < -0.39 is 10.8 Å². The normalized spacial score (nSPS) is 12.8. The minimum absolute atomic E-state index is 0.277. The molecule has 0 bridgehead atoms. The van der Waals surface area contributed by atoms with Crippen molar-refractivity contribution in [1.29, 1.82) is 0 Å². The van der Waals surface area contributed by atoms with Crippen molar-refractivity contribution in [2.75, 3.05) is 0 Å². The standard InChI is InChI=1S/C19H15FOS/c20-19-9-6-16(7-10-19)14-22(21)12-11-15-5-8-17-3-1-2-4-18(17)13-15/h1-13H,14H2/b12-11+. The van der Waals surface area contributed by atoms with Crippen LogP contribution >= 0.6 is 0 Å². The smallest absolute Gasteiger partial charge is 0.123 e. The van der Waals surface area contributed by atoms with Gasteiger partial charge in [0.05, 0.1) is 16.6 Å². The molecule has 22 heavy (non-hydrogen) atoms. The van der Waals surface area contributed by atoms with Gasteiger partial charge in [0.1, 0.15) is 5.82 Å². The van der Waals surface area contributed by atoms with Crippen LogP contribution in [0.1, 0.15) is 11.1 Å². The van der Waals surface area contributed by atoms with Crippen LogP contribution in [-0.2, 0) is 16.6 Å². The van der Waals surface area contributed by atoms with E-state index in [2.05, 4.69) is 24.3 Å².